The van der Waals surface area contributed by atoms with Crippen molar-refractivity contribution in [3.05, 3.63) is 93.9 Å². The van der Waals surface area contributed by atoms with Crippen molar-refractivity contribution in [2.45, 2.75) is 0 Å². The molecule has 0 fully saturated rings. The third kappa shape index (κ3) is 1.69. The Morgan fingerprint density at radius 2 is 0.962 bits per heavy atom. The molecule has 0 bridgehead atoms. The molecule has 0 aliphatic rings. The molecule has 0 N–H and O–H groups in total. The summed E-state index contributed by atoms with van der Waals surface area (Å²) in [5.41, 5.74) is -13.2. The Balaban J connectivity index is 2.52. The van der Waals surface area contributed by atoms with E-state index in [9.17, 15) is 38.4 Å². The molecule has 3 aromatic carbocycles. The van der Waals surface area contributed by atoms with Crippen molar-refractivity contribution in [3.8, 4) is 0 Å². The van der Waals surface area contributed by atoms with Crippen LogP contribution >= 0.6 is 0 Å². The van der Waals surface area contributed by atoms with Gasteiger partial charge < -0.3 is 0 Å². The highest BCUT2D eigenvalue weighted by Crippen LogP contribution is 2.08. The summed E-state index contributed by atoms with van der Waals surface area (Å²) in [6, 6.07) is 1.99. The molecule has 0 atom stereocenters. The fourth-order valence-corrected chi connectivity index (χ4v) is 2.73. The van der Waals surface area contributed by atoms with E-state index in [1.165, 1.54) is 0 Å². The SMILES string of the molecule is O=c1ccc2nc3c(=O)c4c(=O)c(=O)c(=O)c(=O)c4c(=O)c3nc2c1=O. The highest BCUT2D eigenvalue weighted by molar-refractivity contribution is 5.96. The van der Waals surface area contributed by atoms with E-state index in [-0.39, 0.29) is 5.52 Å². The number of nitrogens with zero attached hydrogens (tertiary/aromatic N) is 2. The molecule has 0 unspecified atom stereocenters. The van der Waals surface area contributed by atoms with Gasteiger partial charge in [-0.3, -0.25) is 38.4 Å². The Morgan fingerprint density at radius 1 is 0.462 bits per heavy atom. The highest BCUT2D eigenvalue weighted by atomic mass is 16.2. The maximum absolute atomic E-state index is 12.5. The molecule has 4 aromatic rings. The molecule has 0 radical (unpaired) electrons. The van der Waals surface area contributed by atoms with Crippen molar-refractivity contribution < 1.29 is 0 Å². The van der Waals surface area contributed by atoms with Crippen molar-refractivity contribution in [2.24, 2.45) is 0 Å². The van der Waals surface area contributed by atoms with Gasteiger partial charge in [0.1, 0.15) is 16.6 Å². The Labute approximate surface area is 137 Å². The van der Waals surface area contributed by atoms with Crippen LogP contribution in [0.2, 0.25) is 0 Å². The maximum Gasteiger partial charge on any atom is 0.277 e. The fourth-order valence-electron chi connectivity index (χ4n) is 2.73. The molecule has 124 valence electrons. The summed E-state index contributed by atoms with van der Waals surface area (Å²) in [7, 11) is 0. The largest absolute Gasteiger partial charge is 0.287 e. The van der Waals surface area contributed by atoms with Gasteiger partial charge in [-0.05, 0) is 12.1 Å². The second-order valence-corrected chi connectivity index (χ2v) is 5.41. The molecule has 1 heterocycles. The zero-order valence-electron chi connectivity index (χ0n) is 12.3. The lowest BCUT2D eigenvalue weighted by Gasteiger charge is -2.00. The molecule has 0 saturated heterocycles. The maximum atomic E-state index is 12.5. The van der Waals surface area contributed by atoms with Crippen LogP contribution in [0.3, 0.4) is 0 Å². The minimum Gasteiger partial charge on any atom is -0.287 e. The molecular formula is C16H2N2O8. The third-order valence-corrected chi connectivity index (χ3v) is 3.96. The number of fused-ring (bicyclic) bond motifs is 3. The smallest absolute Gasteiger partial charge is 0.277 e. The van der Waals surface area contributed by atoms with Crippen LogP contribution in [0.15, 0.2) is 50.5 Å². The van der Waals surface area contributed by atoms with Crippen LogP contribution in [0.4, 0.5) is 0 Å². The summed E-state index contributed by atoms with van der Waals surface area (Å²) >= 11 is 0. The quantitative estimate of drug-likeness (QED) is 0.230. The van der Waals surface area contributed by atoms with E-state index in [2.05, 4.69) is 9.97 Å². The summed E-state index contributed by atoms with van der Waals surface area (Å²) in [5, 5.41) is -2.11. The Morgan fingerprint density at radius 3 is 1.50 bits per heavy atom. The van der Waals surface area contributed by atoms with E-state index >= 15 is 0 Å². The van der Waals surface area contributed by atoms with Crippen LogP contribution < -0.4 is 43.4 Å². The minimum atomic E-state index is -1.74. The van der Waals surface area contributed by atoms with Gasteiger partial charge in [0, 0.05) is 0 Å². The lowest BCUT2D eigenvalue weighted by molar-refractivity contribution is 1.32. The van der Waals surface area contributed by atoms with Gasteiger partial charge in [0.2, 0.25) is 27.1 Å². The average molecular weight is 350 g/mol. The number of rotatable bonds is 0. The van der Waals surface area contributed by atoms with Crippen molar-refractivity contribution in [2.75, 3.05) is 0 Å². The van der Waals surface area contributed by atoms with E-state index < -0.39 is 70.8 Å². The minimum absolute atomic E-state index is 0.185. The first-order chi connectivity index (χ1) is 12.2. The first-order valence-corrected chi connectivity index (χ1v) is 6.94. The number of hydrogen-bond acceptors (Lipinski definition) is 10. The molecule has 0 amide bonds. The summed E-state index contributed by atoms with van der Waals surface area (Å²) < 4.78 is 0. The zero-order chi connectivity index (χ0) is 18.9. The van der Waals surface area contributed by atoms with Gasteiger partial charge in [-0.2, -0.15) is 0 Å². The molecule has 4 rings (SSSR count). The van der Waals surface area contributed by atoms with Gasteiger partial charge in [-0.1, -0.05) is 0 Å². The average Bonchev–Trinajstić information content (AvgIpc) is 2.63. The van der Waals surface area contributed by atoms with Gasteiger partial charge in [0.15, 0.2) is 0 Å². The van der Waals surface area contributed by atoms with Gasteiger partial charge in [-0.25, -0.2) is 9.97 Å². The van der Waals surface area contributed by atoms with Gasteiger partial charge >= 0.3 is 0 Å². The van der Waals surface area contributed by atoms with Crippen LogP contribution in [-0.4, -0.2) is 9.97 Å². The van der Waals surface area contributed by atoms with E-state index in [4.69, 9.17) is 0 Å². The second kappa shape index (κ2) is 4.72. The normalized spacial score (nSPS) is 11.5. The van der Waals surface area contributed by atoms with Crippen molar-refractivity contribution in [1.29, 1.82) is 0 Å². The zero-order valence-corrected chi connectivity index (χ0v) is 12.3. The van der Waals surface area contributed by atoms with Crippen LogP contribution in [-0.2, 0) is 0 Å². The Hall–Kier alpha value is -4.08. The van der Waals surface area contributed by atoms with Crippen molar-refractivity contribution in [3.63, 3.8) is 0 Å². The molecule has 0 aliphatic heterocycles. The predicted molar refractivity (Wildman–Crippen MR) is 89.5 cm³/mol. The molecule has 0 spiro atoms. The summed E-state index contributed by atoms with van der Waals surface area (Å²) in [4.78, 5) is 103. The van der Waals surface area contributed by atoms with Crippen molar-refractivity contribution in [1.82, 2.24) is 9.97 Å². The van der Waals surface area contributed by atoms with E-state index in [1.54, 1.807) is 0 Å². The molecule has 1 aromatic heterocycles. The van der Waals surface area contributed by atoms with Gasteiger partial charge in [-0.15, -0.1) is 0 Å². The van der Waals surface area contributed by atoms with Crippen LogP contribution in [0.25, 0.3) is 32.8 Å². The summed E-state index contributed by atoms with van der Waals surface area (Å²) in [5.74, 6) is 0. The van der Waals surface area contributed by atoms with E-state index in [0.29, 0.717) is 0 Å². The fraction of sp³-hybridized carbons (Fsp3) is 0. The van der Waals surface area contributed by atoms with E-state index in [1.807, 2.05) is 0 Å². The highest BCUT2D eigenvalue weighted by Gasteiger charge is 2.23. The van der Waals surface area contributed by atoms with Gasteiger partial charge in [0.25, 0.3) is 16.3 Å². The standard InChI is InChI=1S/C16H2N2O8/c19-4-2-1-3-7(10(4)20)18-9-8(17-3)11(21)5-6(12(9)22)14(24)16(26)15(25)13(5)23/h1-2H. The number of aromatic nitrogens is 2. The lowest BCUT2D eigenvalue weighted by atomic mass is 10.1. The van der Waals surface area contributed by atoms with Crippen LogP contribution in [0, 0.1) is 0 Å². The van der Waals surface area contributed by atoms with Gasteiger partial charge in [0.05, 0.1) is 16.3 Å². The van der Waals surface area contributed by atoms with E-state index in [0.717, 1.165) is 12.1 Å². The molecule has 26 heavy (non-hydrogen) atoms. The third-order valence-electron chi connectivity index (χ3n) is 3.96. The summed E-state index contributed by atoms with van der Waals surface area (Å²) in [6.07, 6.45) is 0. The monoisotopic (exact) mass is 350 g/mol. The number of benzene rings is 3. The predicted octanol–water partition coefficient (Wildman–Crippen LogP) is -3.43. The first-order valence-electron chi connectivity index (χ1n) is 6.94. The second-order valence-electron chi connectivity index (χ2n) is 5.41. The summed E-state index contributed by atoms with van der Waals surface area (Å²) in [6.45, 7) is 0. The lowest BCUT2D eigenvalue weighted by Crippen LogP contribution is -2.49. The molecule has 0 saturated carbocycles. The topological polar surface area (TPSA) is 162 Å². The van der Waals surface area contributed by atoms with Crippen LogP contribution in [0.1, 0.15) is 0 Å². The Bertz CT molecular complexity index is 1740. The first kappa shape index (κ1) is 15.4. The van der Waals surface area contributed by atoms with Crippen LogP contribution in [0.5, 0.6) is 0 Å². The van der Waals surface area contributed by atoms with Crippen molar-refractivity contribution >= 4 is 32.8 Å². The number of hydrogen-bond donors (Lipinski definition) is 0. The molecular weight excluding hydrogens is 348 g/mol. The molecule has 10 heteroatoms. The molecule has 10 nitrogen and oxygen atoms in total. The Kier molecular flexibility index (Phi) is 2.81. The molecule has 0 aliphatic carbocycles.